The molecule has 1 aromatic heterocycles. The minimum atomic E-state index is 0.244. The first-order valence-corrected chi connectivity index (χ1v) is 7.41. The fourth-order valence-electron chi connectivity index (χ4n) is 3.01. The van der Waals surface area contributed by atoms with E-state index in [9.17, 15) is 0 Å². The van der Waals surface area contributed by atoms with Gasteiger partial charge in [-0.1, -0.05) is 18.2 Å². The summed E-state index contributed by atoms with van der Waals surface area (Å²) in [6.45, 7) is 0.720. The van der Waals surface area contributed by atoms with Gasteiger partial charge in [-0.3, -0.25) is 16.0 Å². The summed E-state index contributed by atoms with van der Waals surface area (Å²) in [5, 5.41) is 4.20. The number of para-hydroxylation sites is 1. The molecule has 1 aromatic carbocycles. The number of hydrogen-bond acceptors (Lipinski definition) is 4. The Kier molecular flexibility index (Phi) is 4.22. The number of rotatable bonds is 5. The zero-order valence-electron chi connectivity index (χ0n) is 12.3. The smallest absolute Gasteiger partial charge is 0.122 e. The molecule has 0 aliphatic carbocycles. The molecule has 3 rings (SSSR count). The van der Waals surface area contributed by atoms with Crippen LogP contribution in [-0.2, 0) is 19.9 Å². The molecule has 3 N–H and O–H groups in total. The van der Waals surface area contributed by atoms with Gasteiger partial charge in [0, 0.05) is 30.9 Å². The van der Waals surface area contributed by atoms with Crippen LogP contribution in [0, 0.1) is 5.92 Å². The Morgan fingerprint density at radius 1 is 1.43 bits per heavy atom. The summed E-state index contributed by atoms with van der Waals surface area (Å²) in [7, 11) is 1.97. The minimum absolute atomic E-state index is 0.244. The van der Waals surface area contributed by atoms with E-state index in [2.05, 4.69) is 28.7 Å². The second-order valence-electron chi connectivity index (χ2n) is 5.64. The molecule has 0 amide bonds. The van der Waals surface area contributed by atoms with E-state index in [0.29, 0.717) is 5.92 Å². The number of benzene rings is 1. The van der Waals surface area contributed by atoms with Crippen LogP contribution in [0.1, 0.15) is 17.7 Å². The Morgan fingerprint density at radius 3 is 3.05 bits per heavy atom. The van der Waals surface area contributed by atoms with Crippen molar-refractivity contribution in [1.82, 2.24) is 15.2 Å². The predicted octanol–water partition coefficient (Wildman–Crippen LogP) is 1.44. The highest BCUT2D eigenvalue weighted by Crippen LogP contribution is 2.29. The monoisotopic (exact) mass is 286 g/mol. The number of ether oxygens (including phenoxy) is 1. The maximum absolute atomic E-state index is 5.87. The Balaban J connectivity index is 1.63. The van der Waals surface area contributed by atoms with Crippen LogP contribution in [0.3, 0.4) is 0 Å². The number of fused-ring (bicyclic) bond motifs is 1. The molecule has 0 bridgehead atoms. The molecule has 112 valence electrons. The summed E-state index contributed by atoms with van der Waals surface area (Å²) < 4.78 is 7.78. The maximum Gasteiger partial charge on any atom is 0.122 e. The molecule has 21 heavy (non-hydrogen) atoms. The van der Waals surface area contributed by atoms with Crippen LogP contribution in [0.4, 0.5) is 0 Å². The molecule has 1 aliphatic rings. The Labute approximate surface area is 125 Å². The normalized spacial score (nSPS) is 18.9. The van der Waals surface area contributed by atoms with E-state index < -0.39 is 0 Å². The van der Waals surface area contributed by atoms with Crippen molar-refractivity contribution in [2.45, 2.75) is 25.3 Å². The van der Waals surface area contributed by atoms with Crippen molar-refractivity contribution in [3.8, 4) is 5.75 Å². The molecule has 1 aliphatic heterocycles. The van der Waals surface area contributed by atoms with Crippen LogP contribution >= 0.6 is 0 Å². The number of aromatic nitrogens is 2. The van der Waals surface area contributed by atoms with Crippen LogP contribution < -0.4 is 16.0 Å². The summed E-state index contributed by atoms with van der Waals surface area (Å²) in [4.78, 5) is 0. The summed E-state index contributed by atoms with van der Waals surface area (Å²) in [6, 6.07) is 10.5. The lowest BCUT2D eigenvalue weighted by Gasteiger charge is -2.31. The van der Waals surface area contributed by atoms with Crippen LogP contribution in [0.25, 0.3) is 0 Å². The Bertz CT molecular complexity index is 595. The number of nitrogens with one attached hydrogen (secondary N) is 1. The van der Waals surface area contributed by atoms with Crippen LogP contribution in [-0.4, -0.2) is 22.4 Å². The fourth-order valence-corrected chi connectivity index (χ4v) is 3.01. The molecule has 0 saturated heterocycles. The molecule has 0 radical (unpaired) electrons. The molecule has 5 heteroatoms. The Hall–Kier alpha value is -1.85. The minimum Gasteiger partial charge on any atom is -0.493 e. The number of nitrogens with two attached hydrogens (primary N) is 1. The topological polar surface area (TPSA) is 65.1 Å². The highest BCUT2D eigenvalue weighted by atomic mass is 16.5. The Morgan fingerprint density at radius 2 is 2.29 bits per heavy atom. The third-order valence-electron chi connectivity index (χ3n) is 4.32. The van der Waals surface area contributed by atoms with Crippen molar-refractivity contribution in [3.05, 3.63) is 47.8 Å². The van der Waals surface area contributed by atoms with E-state index in [1.165, 1.54) is 11.3 Å². The zero-order valence-corrected chi connectivity index (χ0v) is 12.3. The average Bonchev–Trinajstić information content (AvgIpc) is 2.93. The van der Waals surface area contributed by atoms with Crippen LogP contribution in [0.5, 0.6) is 5.75 Å². The first-order valence-electron chi connectivity index (χ1n) is 7.41. The number of hydrogen-bond donors (Lipinski definition) is 2. The van der Waals surface area contributed by atoms with Crippen molar-refractivity contribution in [2.75, 3.05) is 6.61 Å². The standard InChI is InChI=1S/C16H22N4O/c1-20-14(8-9-18-20)6-7-15(19-17)13-10-12-4-2-3-5-16(12)21-11-13/h2-5,8-9,13,15,19H,6-7,10-11,17H2,1H3. The highest BCUT2D eigenvalue weighted by molar-refractivity contribution is 5.35. The van der Waals surface area contributed by atoms with Gasteiger partial charge in [-0.05, 0) is 37.0 Å². The first-order chi connectivity index (χ1) is 10.3. The predicted molar refractivity (Wildman–Crippen MR) is 81.8 cm³/mol. The van der Waals surface area contributed by atoms with E-state index in [1.807, 2.05) is 30.1 Å². The van der Waals surface area contributed by atoms with Gasteiger partial charge in [0.25, 0.3) is 0 Å². The quantitative estimate of drug-likeness (QED) is 0.645. The molecule has 2 unspecified atom stereocenters. The first kappa shape index (κ1) is 14.1. The van der Waals surface area contributed by atoms with Gasteiger partial charge in [0.05, 0.1) is 6.61 Å². The molecule has 0 spiro atoms. The third kappa shape index (κ3) is 3.09. The van der Waals surface area contributed by atoms with Gasteiger partial charge >= 0.3 is 0 Å². The lowest BCUT2D eigenvalue weighted by molar-refractivity contribution is 0.179. The van der Waals surface area contributed by atoms with Gasteiger partial charge in [-0.25, -0.2) is 0 Å². The van der Waals surface area contributed by atoms with E-state index >= 15 is 0 Å². The van der Waals surface area contributed by atoms with Crippen molar-refractivity contribution in [2.24, 2.45) is 18.8 Å². The zero-order chi connectivity index (χ0) is 14.7. The lowest BCUT2D eigenvalue weighted by Crippen LogP contribution is -2.45. The van der Waals surface area contributed by atoms with Gasteiger partial charge < -0.3 is 4.74 Å². The largest absolute Gasteiger partial charge is 0.493 e. The summed E-state index contributed by atoms with van der Waals surface area (Å²) in [5.74, 6) is 7.18. The fraction of sp³-hybridized carbons (Fsp3) is 0.438. The van der Waals surface area contributed by atoms with E-state index in [0.717, 1.165) is 31.6 Å². The van der Waals surface area contributed by atoms with Gasteiger partial charge in [0.2, 0.25) is 0 Å². The van der Waals surface area contributed by atoms with E-state index in [-0.39, 0.29) is 6.04 Å². The molecule has 2 atom stereocenters. The van der Waals surface area contributed by atoms with Gasteiger partial charge in [0.1, 0.15) is 5.75 Å². The molecular formula is C16H22N4O. The third-order valence-corrected chi connectivity index (χ3v) is 4.32. The average molecular weight is 286 g/mol. The van der Waals surface area contributed by atoms with Gasteiger partial charge in [-0.2, -0.15) is 5.10 Å². The molecule has 2 aromatic rings. The summed E-state index contributed by atoms with van der Waals surface area (Å²) in [6.07, 6.45) is 4.78. The SMILES string of the molecule is Cn1nccc1CCC(NN)C1COc2ccccc2C1. The van der Waals surface area contributed by atoms with Gasteiger partial charge in [0.15, 0.2) is 0 Å². The highest BCUT2D eigenvalue weighted by Gasteiger charge is 2.26. The molecule has 5 nitrogen and oxygen atoms in total. The van der Waals surface area contributed by atoms with E-state index in [1.54, 1.807) is 0 Å². The molecule has 0 fully saturated rings. The second-order valence-corrected chi connectivity index (χ2v) is 5.64. The van der Waals surface area contributed by atoms with Crippen molar-refractivity contribution in [1.29, 1.82) is 0 Å². The number of hydrazine groups is 1. The summed E-state index contributed by atoms with van der Waals surface area (Å²) >= 11 is 0. The van der Waals surface area contributed by atoms with Crippen molar-refractivity contribution >= 4 is 0 Å². The molecule has 0 saturated carbocycles. The van der Waals surface area contributed by atoms with Crippen LogP contribution in [0.15, 0.2) is 36.5 Å². The van der Waals surface area contributed by atoms with Crippen molar-refractivity contribution < 1.29 is 4.74 Å². The summed E-state index contributed by atoms with van der Waals surface area (Å²) in [5.41, 5.74) is 5.48. The number of nitrogens with zero attached hydrogens (tertiary/aromatic N) is 2. The van der Waals surface area contributed by atoms with Crippen molar-refractivity contribution in [3.63, 3.8) is 0 Å². The van der Waals surface area contributed by atoms with E-state index in [4.69, 9.17) is 10.6 Å². The second kappa shape index (κ2) is 6.28. The number of aryl methyl sites for hydroxylation is 2. The molecular weight excluding hydrogens is 264 g/mol. The van der Waals surface area contributed by atoms with Gasteiger partial charge in [-0.15, -0.1) is 0 Å². The maximum atomic E-state index is 5.87. The van der Waals surface area contributed by atoms with Crippen LogP contribution in [0.2, 0.25) is 0 Å². The lowest BCUT2D eigenvalue weighted by atomic mass is 9.88. The molecule has 2 heterocycles.